The molecule has 0 atom stereocenters. The fourth-order valence-electron chi connectivity index (χ4n) is 1.53. The summed E-state index contributed by atoms with van der Waals surface area (Å²) in [7, 11) is 1.20. The molecule has 1 aromatic rings. The van der Waals surface area contributed by atoms with Crippen molar-refractivity contribution in [3.8, 4) is 6.07 Å². The smallest absolute Gasteiger partial charge is 0.309 e. The van der Waals surface area contributed by atoms with Crippen LogP contribution in [0.25, 0.3) is 0 Å². The molecule has 0 aliphatic carbocycles. The van der Waals surface area contributed by atoms with Gasteiger partial charge in [-0.15, -0.1) is 11.6 Å². The first-order chi connectivity index (χ1) is 8.53. The molecule has 0 saturated heterocycles. The van der Waals surface area contributed by atoms with Crippen molar-refractivity contribution in [3.63, 3.8) is 0 Å². The third kappa shape index (κ3) is 3.17. The zero-order chi connectivity index (χ0) is 13.7. The first-order valence-electron chi connectivity index (χ1n) is 5.00. The highest BCUT2D eigenvalue weighted by Crippen LogP contribution is 2.26. The highest BCUT2D eigenvalue weighted by molar-refractivity contribution is 6.17. The summed E-state index contributed by atoms with van der Waals surface area (Å²) in [5.41, 5.74) is 0.432. The Labute approximate surface area is 108 Å². The maximum absolute atomic E-state index is 12.7. The summed E-state index contributed by atoms with van der Waals surface area (Å²) in [4.78, 5) is 11.2. The van der Waals surface area contributed by atoms with E-state index in [2.05, 4.69) is 4.74 Å². The van der Waals surface area contributed by atoms with Crippen molar-refractivity contribution in [3.05, 3.63) is 34.4 Å². The van der Waals surface area contributed by atoms with E-state index in [-0.39, 0.29) is 23.4 Å². The highest BCUT2D eigenvalue weighted by atomic mass is 35.5. The third-order valence-corrected chi connectivity index (χ3v) is 2.70. The number of esters is 1. The van der Waals surface area contributed by atoms with Gasteiger partial charge in [0.05, 0.1) is 25.2 Å². The molecule has 3 nitrogen and oxygen atoms in total. The number of carbonyl (C=O) groups is 1. The quantitative estimate of drug-likeness (QED) is 0.626. The van der Waals surface area contributed by atoms with Crippen molar-refractivity contribution in [1.29, 1.82) is 5.26 Å². The Kier molecular flexibility index (Phi) is 5.05. The number of ether oxygens (including phenoxy) is 1. The van der Waals surface area contributed by atoms with E-state index in [1.54, 1.807) is 6.07 Å². The first-order valence-corrected chi connectivity index (χ1v) is 5.53. The molecule has 0 spiro atoms. The molecular formula is C12H10ClF2NO2. The Morgan fingerprint density at radius 1 is 1.56 bits per heavy atom. The number of methoxy groups -OCH3 is 1. The van der Waals surface area contributed by atoms with Gasteiger partial charge in [0.15, 0.2) is 0 Å². The van der Waals surface area contributed by atoms with Crippen LogP contribution < -0.4 is 0 Å². The van der Waals surface area contributed by atoms with Crippen LogP contribution in [0, 0.1) is 11.3 Å². The lowest BCUT2D eigenvalue weighted by Gasteiger charge is -2.11. The van der Waals surface area contributed by atoms with Gasteiger partial charge in [0.2, 0.25) is 0 Å². The van der Waals surface area contributed by atoms with E-state index in [0.29, 0.717) is 11.1 Å². The summed E-state index contributed by atoms with van der Waals surface area (Å²) in [6, 6.07) is 4.07. The van der Waals surface area contributed by atoms with Crippen LogP contribution in [-0.2, 0) is 21.8 Å². The summed E-state index contributed by atoms with van der Waals surface area (Å²) in [5.74, 6) is -0.602. The van der Waals surface area contributed by atoms with E-state index in [0.717, 1.165) is 6.07 Å². The standard InChI is InChI=1S/C12H10ClF2NO2/c1-18-11(17)4-7-2-8(12(14)15)3-9(6-16)10(7)5-13/h2-3,12H,4-5H2,1H3. The van der Waals surface area contributed by atoms with Crippen LogP contribution in [0.5, 0.6) is 0 Å². The van der Waals surface area contributed by atoms with E-state index in [1.807, 2.05) is 0 Å². The average Bonchev–Trinajstić information content (AvgIpc) is 2.37. The Hall–Kier alpha value is -1.67. The molecule has 0 aliphatic rings. The molecule has 0 aliphatic heterocycles. The number of hydrogen-bond acceptors (Lipinski definition) is 3. The molecule has 0 N–H and O–H groups in total. The van der Waals surface area contributed by atoms with Crippen LogP contribution in [0.3, 0.4) is 0 Å². The second-order valence-corrected chi connectivity index (χ2v) is 3.77. The van der Waals surface area contributed by atoms with E-state index in [9.17, 15) is 13.6 Å². The molecule has 6 heteroatoms. The molecule has 0 saturated carbocycles. The van der Waals surface area contributed by atoms with Crippen LogP contribution in [0.2, 0.25) is 0 Å². The Morgan fingerprint density at radius 3 is 2.67 bits per heavy atom. The molecule has 0 radical (unpaired) electrons. The second kappa shape index (κ2) is 6.31. The number of hydrogen-bond donors (Lipinski definition) is 0. The maximum atomic E-state index is 12.7. The van der Waals surface area contributed by atoms with Gasteiger partial charge in [0.1, 0.15) is 0 Å². The highest BCUT2D eigenvalue weighted by Gasteiger charge is 2.17. The van der Waals surface area contributed by atoms with Gasteiger partial charge in [0.25, 0.3) is 6.43 Å². The molecule has 18 heavy (non-hydrogen) atoms. The molecule has 0 aromatic heterocycles. The van der Waals surface area contributed by atoms with Gasteiger partial charge in [-0.25, -0.2) is 8.78 Å². The van der Waals surface area contributed by atoms with Crippen LogP contribution in [0.15, 0.2) is 12.1 Å². The molecule has 0 amide bonds. The summed E-state index contributed by atoms with van der Waals surface area (Å²) in [6.45, 7) is 0. The van der Waals surface area contributed by atoms with Gasteiger partial charge in [-0.2, -0.15) is 5.26 Å². The Bertz CT molecular complexity index is 498. The normalized spacial score (nSPS) is 10.2. The van der Waals surface area contributed by atoms with Crippen LogP contribution >= 0.6 is 11.6 Å². The lowest BCUT2D eigenvalue weighted by Crippen LogP contribution is -2.08. The van der Waals surface area contributed by atoms with Crippen molar-refractivity contribution < 1.29 is 18.3 Å². The van der Waals surface area contributed by atoms with E-state index in [1.165, 1.54) is 13.2 Å². The van der Waals surface area contributed by atoms with E-state index in [4.69, 9.17) is 16.9 Å². The van der Waals surface area contributed by atoms with Gasteiger partial charge < -0.3 is 4.74 Å². The van der Waals surface area contributed by atoms with Gasteiger partial charge in [-0.1, -0.05) is 0 Å². The zero-order valence-electron chi connectivity index (χ0n) is 9.54. The summed E-state index contributed by atoms with van der Waals surface area (Å²) < 4.78 is 29.8. The van der Waals surface area contributed by atoms with Gasteiger partial charge in [-0.3, -0.25) is 4.79 Å². The number of nitrogens with zero attached hydrogens (tertiary/aromatic N) is 1. The topological polar surface area (TPSA) is 50.1 Å². The number of benzene rings is 1. The first kappa shape index (κ1) is 14.4. The second-order valence-electron chi connectivity index (χ2n) is 3.51. The van der Waals surface area contributed by atoms with Crippen molar-refractivity contribution in [2.24, 2.45) is 0 Å². The minimum absolute atomic E-state index is 0.0290. The lowest BCUT2D eigenvalue weighted by molar-refractivity contribution is -0.139. The Morgan fingerprint density at radius 2 is 2.22 bits per heavy atom. The predicted molar refractivity (Wildman–Crippen MR) is 61.4 cm³/mol. The summed E-state index contributed by atoms with van der Waals surface area (Å²) in [5, 5.41) is 8.90. The van der Waals surface area contributed by atoms with Crippen LogP contribution in [-0.4, -0.2) is 13.1 Å². The van der Waals surface area contributed by atoms with Crippen molar-refractivity contribution >= 4 is 17.6 Å². The fourth-order valence-corrected chi connectivity index (χ4v) is 1.84. The monoisotopic (exact) mass is 273 g/mol. The minimum atomic E-state index is -2.71. The largest absolute Gasteiger partial charge is 0.469 e. The average molecular weight is 274 g/mol. The van der Waals surface area contributed by atoms with Crippen LogP contribution in [0.1, 0.15) is 28.7 Å². The summed E-state index contributed by atoms with van der Waals surface area (Å²) in [6.07, 6.45) is -2.90. The third-order valence-electron chi connectivity index (χ3n) is 2.43. The van der Waals surface area contributed by atoms with Gasteiger partial charge in [-0.05, 0) is 23.3 Å². The molecule has 0 unspecified atom stereocenters. The molecular weight excluding hydrogens is 264 g/mol. The van der Waals surface area contributed by atoms with Crippen molar-refractivity contribution in [2.75, 3.05) is 7.11 Å². The number of halogens is 3. The van der Waals surface area contributed by atoms with Crippen molar-refractivity contribution in [2.45, 2.75) is 18.7 Å². The molecule has 0 bridgehead atoms. The molecule has 0 fully saturated rings. The SMILES string of the molecule is COC(=O)Cc1cc(C(F)F)cc(C#N)c1CCl. The number of rotatable bonds is 4. The fraction of sp³-hybridized carbons (Fsp3) is 0.333. The van der Waals surface area contributed by atoms with E-state index < -0.39 is 12.4 Å². The Balaban J connectivity index is 3.32. The maximum Gasteiger partial charge on any atom is 0.309 e. The minimum Gasteiger partial charge on any atom is -0.469 e. The molecule has 96 valence electrons. The predicted octanol–water partition coefficient (Wildman–Crippen LogP) is 2.95. The van der Waals surface area contributed by atoms with Crippen molar-refractivity contribution in [1.82, 2.24) is 0 Å². The number of nitriles is 1. The molecule has 0 heterocycles. The summed E-state index contributed by atoms with van der Waals surface area (Å²) >= 11 is 5.68. The number of carbonyl (C=O) groups excluding carboxylic acids is 1. The zero-order valence-corrected chi connectivity index (χ0v) is 10.3. The van der Waals surface area contributed by atoms with E-state index >= 15 is 0 Å². The number of alkyl halides is 3. The van der Waals surface area contributed by atoms with Gasteiger partial charge >= 0.3 is 5.97 Å². The molecule has 1 aromatic carbocycles. The lowest BCUT2D eigenvalue weighted by atomic mass is 9.97. The van der Waals surface area contributed by atoms with Gasteiger partial charge in [0, 0.05) is 11.4 Å². The van der Waals surface area contributed by atoms with Crippen LogP contribution in [0.4, 0.5) is 8.78 Å². The molecule has 1 rings (SSSR count).